The molecule has 146 valence electrons. The Kier molecular flexibility index (Phi) is 7.84. The first-order chi connectivity index (χ1) is 13.8. The fraction of sp³-hybridized carbons (Fsp3) is 0.370. The SMILES string of the molecule is CCCCCc1ccc(-c2ccc(-c3ccc(CCCCC)cc3)nc2)cc1. The van der Waals surface area contributed by atoms with Crippen molar-refractivity contribution in [2.24, 2.45) is 0 Å². The normalized spacial score (nSPS) is 10.9. The molecule has 1 nitrogen and oxygen atoms in total. The van der Waals surface area contributed by atoms with E-state index in [2.05, 4.69) is 74.5 Å². The highest BCUT2D eigenvalue weighted by molar-refractivity contribution is 5.67. The van der Waals surface area contributed by atoms with E-state index in [1.807, 2.05) is 6.20 Å². The number of rotatable bonds is 10. The van der Waals surface area contributed by atoms with Crippen molar-refractivity contribution in [3.8, 4) is 22.4 Å². The van der Waals surface area contributed by atoms with Crippen LogP contribution in [-0.2, 0) is 12.8 Å². The lowest BCUT2D eigenvalue weighted by atomic mass is 10.0. The monoisotopic (exact) mass is 371 g/mol. The van der Waals surface area contributed by atoms with Gasteiger partial charge in [0.1, 0.15) is 0 Å². The molecule has 0 amide bonds. The number of pyridine rings is 1. The second-order valence-corrected chi connectivity index (χ2v) is 7.74. The molecule has 0 unspecified atom stereocenters. The molecule has 0 fully saturated rings. The van der Waals surface area contributed by atoms with Crippen molar-refractivity contribution in [3.05, 3.63) is 78.0 Å². The highest BCUT2D eigenvalue weighted by atomic mass is 14.7. The maximum absolute atomic E-state index is 4.71. The van der Waals surface area contributed by atoms with E-state index in [0.29, 0.717) is 0 Å². The van der Waals surface area contributed by atoms with E-state index >= 15 is 0 Å². The fourth-order valence-corrected chi connectivity index (χ4v) is 3.60. The Balaban J connectivity index is 1.63. The van der Waals surface area contributed by atoms with E-state index in [1.54, 1.807) is 0 Å². The highest BCUT2D eigenvalue weighted by Gasteiger charge is 2.03. The van der Waals surface area contributed by atoms with Gasteiger partial charge in [0.25, 0.3) is 0 Å². The number of aromatic nitrogens is 1. The van der Waals surface area contributed by atoms with E-state index in [1.165, 1.54) is 79.2 Å². The average Bonchev–Trinajstić information content (AvgIpc) is 2.75. The van der Waals surface area contributed by atoms with Gasteiger partial charge in [-0.05, 0) is 48.4 Å². The van der Waals surface area contributed by atoms with Crippen LogP contribution in [0.5, 0.6) is 0 Å². The minimum absolute atomic E-state index is 1.04. The van der Waals surface area contributed by atoms with Gasteiger partial charge in [0.05, 0.1) is 5.69 Å². The zero-order valence-electron chi connectivity index (χ0n) is 17.5. The molecule has 28 heavy (non-hydrogen) atoms. The lowest BCUT2D eigenvalue weighted by Crippen LogP contribution is -1.89. The molecule has 0 aliphatic carbocycles. The van der Waals surface area contributed by atoms with E-state index in [9.17, 15) is 0 Å². The molecular formula is C27H33N. The predicted octanol–water partition coefficient (Wildman–Crippen LogP) is 7.88. The summed E-state index contributed by atoms with van der Waals surface area (Å²) in [5.74, 6) is 0. The summed E-state index contributed by atoms with van der Waals surface area (Å²) in [7, 11) is 0. The summed E-state index contributed by atoms with van der Waals surface area (Å²) in [6.45, 7) is 4.50. The van der Waals surface area contributed by atoms with Crippen LogP contribution < -0.4 is 0 Å². The number of benzene rings is 2. The zero-order chi connectivity index (χ0) is 19.6. The lowest BCUT2D eigenvalue weighted by molar-refractivity contribution is 0.717. The van der Waals surface area contributed by atoms with Gasteiger partial charge in [0.15, 0.2) is 0 Å². The number of nitrogens with zero attached hydrogens (tertiary/aromatic N) is 1. The second kappa shape index (κ2) is 10.8. The van der Waals surface area contributed by atoms with Crippen molar-refractivity contribution in [3.63, 3.8) is 0 Å². The topological polar surface area (TPSA) is 12.9 Å². The van der Waals surface area contributed by atoms with Crippen LogP contribution in [0, 0.1) is 0 Å². The molecule has 0 bridgehead atoms. The lowest BCUT2D eigenvalue weighted by Gasteiger charge is -2.07. The maximum Gasteiger partial charge on any atom is 0.0702 e. The number of aryl methyl sites for hydroxylation is 2. The van der Waals surface area contributed by atoms with Gasteiger partial charge in [0.2, 0.25) is 0 Å². The average molecular weight is 372 g/mol. The first kappa shape index (κ1) is 20.3. The van der Waals surface area contributed by atoms with E-state index < -0.39 is 0 Å². The van der Waals surface area contributed by atoms with Crippen molar-refractivity contribution in [2.45, 2.75) is 65.2 Å². The Morgan fingerprint density at radius 1 is 0.536 bits per heavy atom. The third-order valence-corrected chi connectivity index (χ3v) is 5.44. The van der Waals surface area contributed by atoms with Crippen LogP contribution in [0.3, 0.4) is 0 Å². The van der Waals surface area contributed by atoms with Crippen molar-refractivity contribution >= 4 is 0 Å². The Labute approximate surface area is 170 Å². The van der Waals surface area contributed by atoms with Crippen molar-refractivity contribution in [2.75, 3.05) is 0 Å². The number of unbranched alkanes of at least 4 members (excludes halogenated alkanes) is 4. The van der Waals surface area contributed by atoms with Crippen LogP contribution in [0.15, 0.2) is 66.9 Å². The van der Waals surface area contributed by atoms with E-state index in [0.717, 1.165) is 5.69 Å². The fourth-order valence-electron chi connectivity index (χ4n) is 3.60. The highest BCUT2D eigenvalue weighted by Crippen LogP contribution is 2.24. The van der Waals surface area contributed by atoms with Crippen molar-refractivity contribution in [1.82, 2.24) is 4.98 Å². The van der Waals surface area contributed by atoms with Crippen LogP contribution in [0.1, 0.15) is 63.5 Å². The van der Waals surface area contributed by atoms with Gasteiger partial charge in [-0.1, -0.05) is 94.1 Å². The summed E-state index contributed by atoms with van der Waals surface area (Å²) >= 11 is 0. The molecule has 0 aliphatic heterocycles. The molecule has 2 aromatic carbocycles. The van der Waals surface area contributed by atoms with Crippen molar-refractivity contribution in [1.29, 1.82) is 0 Å². The molecule has 3 rings (SSSR count). The summed E-state index contributed by atoms with van der Waals surface area (Å²) in [4.78, 5) is 4.71. The van der Waals surface area contributed by atoms with Crippen LogP contribution >= 0.6 is 0 Å². The Morgan fingerprint density at radius 2 is 1.04 bits per heavy atom. The zero-order valence-corrected chi connectivity index (χ0v) is 17.5. The molecule has 0 saturated heterocycles. The van der Waals surface area contributed by atoms with Crippen LogP contribution in [0.25, 0.3) is 22.4 Å². The molecular weight excluding hydrogens is 338 g/mol. The Morgan fingerprint density at radius 3 is 1.50 bits per heavy atom. The smallest absolute Gasteiger partial charge is 0.0702 e. The summed E-state index contributed by atoms with van der Waals surface area (Å²) < 4.78 is 0. The summed E-state index contributed by atoms with van der Waals surface area (Å²) in [6, 6.07) is 22.2. The molecule has 3 aromatic rings. The molecule has 1 heteroatoms. The Hall–Kier alpha value is -2.41. The van der Waals surface area contributed by atoms with Gasteiger partial charge in [-0.2, -0.15) is 0 Å². The first-order valence-electron chi connectivity index (χ1n) is 10.9. The minimum Gasteiger partial charge on any atom is -0.256 e. The van der Waals surface area contributed by atoms with E-state index in [4.69, 9.17) is 4.98 Å². The van der Waals surface area contributed by atoms with E-state index in [-0.39, 0.29) is 0 Å². The van der Waals surface area contributed by atoms with Gasteiger partial charge in [-0.25, -0.2) is 0 Å². The number of hydrogen-bond acceptors (Lipinski definition) is 1. The predicted molar refractivity (Wildman–Crippen MR) is 122 cm³/mol. The largest absolute Gasteiger partial charge is 0.256 e. The standard InChI is InChI=1S/C27H33N/c1-3-5-7-9-22-11-15-24(16-12-22)26-19-20-27(28-21-26)25-17-13-23(14-18-25)10-8-6-4-2/h11-21H,3-10H2,1-2H3. The molecule has 0 radical (unpaired) electrons. The molecule has 1 aromatic heterocycles. The quantitative estimate of drug-likeness (QED) is 0.330. The summed E-state index contributed by atoms with van der Waals surface area (Å²) in [6.07, 6.45) is 12.1. The molecule has 0 aliphatic rings. The summed E-state index contributed by atoms with van der Waals surface area (Å²) in [5.41, 5.74) is 7.51. The number of hydrogen-bond donors (Lipinski definition) is 0. The first-order valence-corrected chi connectivity index (χ1v) is 10.9. The van der Waals surface area contributed by atoms with Crippen molar-refractivity contribution < 1.29 is 0 Å². The minimum atomic E-state index is 1.04. The Bertz CT molecular complexity index is 741. The van der Waals surface area contributed by atoms with Gasteiger partial charge >= 0.3 is 0 Å². The van der Waals surface area contributed by atoms with Crippen LogP contribution in [0.2, 0.25) is 0 Å². The van der Waals surface area contributed by atoms with Gasteiger partial charge in [-0.3, -0.25) is 4.98 Å². The maximum atomic E-state index is 4.71. The summed E-state index contributed by atoms with van der Waals surface area (Å²) in [5, 5.41) is 0. The molecule has 0 N–H and O–H groups in total. The molecule has 0 saturated carbocycles. The van der Waals surface area contributed by atoms with Crippen LogP contribution in [-0.4, -0.2) is 4.98 Å². The third-order valence-electron chi connectivity index (χ3n) is 5.44. The van der Waals surface area contributed by atoms with Gasteiger partial charge < -0.3 is 0 Å². The van der Waals surface area contributed by atoms with Gasteiger partial charge in [0, 0.05) is 17.3 Å². The third kappa shape index (κ3) is 5.79. The molecule has 0 atom stereocenters. The molecule has 1 heterocycles. The second-order valence-electron chi connectivity index (χ2n) is 7.74. The molecule has 0 spiro atoms. The van der Waals surface area contributed by atoms with Gasteiger partial charge in [-0.15, -0.1) is 0 Å². The van der Waals surface area contributed by atoms with Crippen LogP contribution in [0.4, 0.5) is 0 Å².